The molecule has 7 nitrogen and oxygen atoms in total. The van der Waals surface area contributed by atoms with E-state index in [9.17, 15) is 10.1 Å². The Kier molecular flexibility index (Phi) is 6.57. The molecule has 0 unspecified atom stereocenters. The minimum absolute atomic E-state index is 0.0445. The molecule has 0 amide bonds. The maximum absolute atomic E-state index is 12.3. The van der Waals surface area contributed by atoms with Crippen molar-refractivity contribution < 1.29 is 4.74 Å². The van der Waals surface area contributed by atoms with E-state index in [1.165, 1.54) is 5.56 Å². The van der Waals surface area contributed by atoms with E-state index < -0.39 is 5.56 Å². The van der Waals surface area contributed by atoms with Crippen molar-refractivity contribution in [1.29, 1.82) is 5.26 Å². The smallest absolute Gasteiger partial charge is 0.270 e. The number of hydrogen-bond acceptors (Lipinski definition) is 6. The molecule has 3 aromatic carbocycles. The van der Waals surface area contributed by atoms with E-state index in [0.717, 1.165) is 16.9 Å². The maximum Gasteiger partial charge on any atom is 0.270 e. The van der Waals surface area contributed by atoms with E-state index in [-0.39, 0.29) is 11.5 Å². The van der Waals surface area contributed by atoms with Gasteiger partial charge in [0.15, 0.2) is 0 Å². The van der Waals surface area contributed by atoms with Crippen molar-refractivity contribution in [3.05, 3.63) is 111 Å². The van der Waals surface area contributed by atoms with Gasteiger partial charge in [0.05, 0.1) is 11.9 Å². The third kappa shape index (κ3) is 5.51. The fourth-order valence-electron chi connectivity index (χ4n) is 3.22. The van der Waals surface area contributed by atoms with Gasteiger partial charge in [-0.2, -0.15) is 10.4 Å². The molecule has 4 aromatic rings. The first kappa shape index (κ1) is 21.5. The Bertz CT molecular complexity index is 1370. The fraction of sp³-hybridized carbons (Fsp3) is 0.0769. The predicted molar refractivity (Wildman–Crippen MR) is 128 cm³/mol. The van der Waals surface area contributed by atoms with Crippen LogP contribution in [0.3, 0.4) is 0 Å². The molecule has 0 saturated heterocycles. The molecule has 2 N–H and O–H groups in total. The van der Waals surface area contributed by atoms with Gasteiger partial charge in [0, 0.05) is 5.56 Å². The highest BCUT2D eigenvalue weighted by Crippen LogP contribution is 2.19. The number of nitriles is 1. The second-order valence-electron chi connectivity index (χ2n) is 7.33. The molecule has 7 heteroatoms. The molecule has 0 fully saturated rings. The lowest BCUT2D eigenvalue weighted by molar-refractivity contribution is 0.306. The summed E-state index contributed by atoms with van der Waals surface area (Å²) < 4.78 is 5.83. The number of aromatic nitrogens is 2. The van der Waals surface area contributed by atoms with Crippen molar-refractivity contribution in [2.45, 2.75) is 13.5 Å². The minimum Gasteiger partial charge on any atom is -0.489 e. The number of rotatable bonds is 7. The van der Waals surface area contributed by atoms with Crippen molar-refractivity contribution in [1.82, 2.24) is 9.97 Å². The SMILES string of the molecule is Cc1cccc(COc2ccc(C=NNc3nc(-c4ccccc4)c(C#N)c(=O)[nH]3)cc2)c1. The number of H-pyrrole nitrogens is 1. The zero-order valence-corrected chi connectivity index (χ0v) is 17.9. The second kappa shape index (κ2) is 10.1. The lowest BCUT2D eigenvalue weighted by Gasteiger charge is -2.07. The summed E-state index contributed by atoms with van der Waals surface area (Å²) in [5.74, 6) is 0.902. The summed E-state index contributed by atoms with van der Waals surface area (Å²) in [7, 11) is 0. The number of aryl methyl sites for hydroxylation is 1. The molecule has 162 valence electrons. The Hall–Kier alpha value is -4.70. The van der Waals surface area contributed by atoms with Crippen molar-refractivity contribution in [2.75, 3.05) is 5.43 Å². The van der Waals surface area contributed by atoms with E-state index >= 15 is 0 Å². The first-order valence-corrected chi connectivity index (χ1v) is 10.3. The Morgan fingerprint density at radius 2 is 1.88 bits per heavy atom. The summed E-state index contributed by atoms with van der Waals surface area (Å²) in [5.41, 5.74) is 6.28. The van der Waals surface area contributed by atoms with Crippen LogP contribution in [-0.4, -0.2) is 16.2 Å². The average Bonchev–Trinajstić information content (AvgIpc) is 2.84. The number of aromatic amines is 1. The molecule has 1 aromatic heterocycles. The van der Waals surface area contributed by atoms with Crippen LogP contribution < -0.4 is 15.7 Å². The van der Waals surface area contributed by atoms with Crippen molar-refractivity contribution in [3.8, 4) is 23.1 Å². The number of hydrazone groups is 1. The lowest BCUT2D eigenvalue weighted by Crippen LogP contribution is -2.16. The Labute approximate surface area is 191 Å². The summed E-state index contributed by atoms with van der Waals surface area (Å²) in [6.07, 6.45) is 1.60. The van der Waals surface area contributed by atoms with Crippen LogP contribution >= 0.6 is 0 Å². The van der Waals surface area contributed by atoms with Crippen molar-refractivity contribution >= 4 is 12.2 Å². The van der Waals surface area contributed by atoms with E-state index in [4.69, 9.17) is 4.74 Å². The quantitative estimate of drug-likeness (QED) is 0.325. The normalized spacial score (nSPS) is 10.7. The predicted octanol–water partition coefficient (Wildman–Crippen LogP) is 4.64. The van der Waals surface area contributed by atoms with E-state index in [1.54, 1.807) is 18.3 Å². The summed E-state index contributed by atoms with van der Waals surface area (Å²) >= 11 is 0. The van der Waals surface area contributed by atoms with Gasteiger partial charge in [0.2, 0.25) is 5.95 Å². The molecule has 33 heavy (non-hydrogen) atoms. The van der Waals surface area contributed by atoms with Crippen LogP contribution in [0.4, 0.5) is 5.95 Å². The molecular weight excluding hydrogens is 414 g/mol. The monoisotopic (exact) mass is 435 g/mol. The standard InChI is InChI=1S/C26H21N5O2/c1-18-6-5-7-20(14-18)17-33-22-12-10-19(11-13-22)16-28-31-26-29-24(21-8-3-2-4-9-21)23(15-27)25(32)30-26/h2-14,16H,17H2,1H3,(H2,29,30,31,32). The highest BCUT2D eigenvalue weighted by atomic mass is 16.5. The van der Waals surface area contributed by atoms with Crippen LogP contribution in [0.25, 0.3) is 11.3 Å². The molecule has 0 radical (unpaired) electrons. The van der Waals surface area contributed by atoms with Crippen LogP contribution in [0.5, 0.6) is 5.75 Å². The molecule has 0 bridgehead atoms. The topological polar surface area (TPSA) is 103 Å². The molecule has 0 spiro atoms. The zero-order valence-electron chi connectivity index (χ0n) is 17.9. The highest BCUT2D eigenvalue weighted by Gasteiger charge is 2.12. The summed E-state index contributed by atoms with van der Waals surface area (Å²) in [5, 5.41) is 13.5. The van der Waals surface area contributed by atoms with Crippen LogP contribution in [0.2, 0.25) is 0 Å². The number of anilines is 1. The summed E-state index contributed by atoms with van der Waals surface area (Å²) in [4.78, 5) is 19.2. The lowest BCUT2D eigenvalue weighted by atomic mass is 10.1. The molecule has 0 aliphatic rings. The van der Waals surface area contributed by atoms with Crippen molar-refractivity contribution in [3.63, 3.8) is 0 Å². The third-order valence-corrected chi connectivity index (χ3v) is 4.83. The van der Waals surface area contributed by atoms with Crippen molar-refractivity contribution in [2.24, 2.45) is 5.10 Å². The van der Waals surface area contributed by atoms with Gasteiger partial charge in [-0.05, 0) is 42.3 Å². The number of nitrogens with one attached hydrogen (secondary N) is 2. The van der Waals surface area contributed by atoms with Crippen LogP contribution in [-0.2, 0) is 6.61 Å². The first-order valence-electron chi connectivity index (χ1n) is 10.3. The van der Waals surface area contributed by atoms with Gasteiger partial charge in [-0.15, -0.1) is 0 Å². The van der Waals surface area contributed by atoms with Gasteiger partial charge in [-0.25, -0.2) is 10.4 Å². The largest absolute Gasteiger partial charge is 0.489 e. The van der Waals surface area contributed by atoms with Gasteiger partial charge in [0.25, 0.3) is 5.56 Å². The van der Waals surface area contributed by atoms with Crippen LogP contribution in [0, 0.1) is 18.3 Å². The first-order chi connectivity index (χ1) is 16.1. The molecule has 0 saturated carbocycles. The highest BCUT2D eigenvalue weighted by molar-refractivity contribution is 5.80. The number of benzene rings is 3. The molecule has 0 aliphatic heterocycles. The van der Waals surface area contributed by atoms with E-state index in [0.29, 0.717) is 17.9 Å². The zero-order chi connectivity index (χ0) is 23.0. The van der Waals surface area contributed by atoms with Gasteiger partial charge in [-0.3, -0.25) is 9.78 Å². The van der Waals surface area contributed by atoms with E-state index in [2.05, 4.69) is 39.6 Å². The van der Waals surface area contributed by atoms with Crippen LogP contribution in [0.1, 0.15) is 22.3 Å². The Morgan fingerprint density at radius 1 is 1.09 bits per heavy atom. The minimum atomic E-state index is -0.529. The van der Waals surface area contributed by atoms with Gasteiger partial charge < -0.3 is 4.74 Å². The van der Waals surface area contributed by atoms with E-state index in [1.807, 2.05) is 60.7 Å². The molecule has 4 rings (SSSR count). The summed E-state index contributed by atoms with van der Waals surface area (Å²) in [6.45, 7) is 2.55. The Balaban J connectivity index is 1.42. The van der Waals surface area contributed by atoms with Gasteiger partial charge in [0.1, 0.15) is 24.0 Å². The Morgan fingerprint density at radius 3 is 2.61 bits per heavy atom. The maximum atomic E-state index is 12.3. The molecular formula is C26H21N5O2. The van der Waals surface area contributed by atoms with Gasteiger partial charge in [-0.1, -0.05) is 60.2 Å². The van der Waals surface area contributed by atoms with Gasteiger partial charge >= 0.3 is 0 Å². The molecule has 0 atom stereocenters. The second-order valence-corrected chi connectivity index (χ2v) is 7.33. The fourth-order valence-corrected chi connectivity index (χ4v) is 3.22. The molecule has 0 aliphatic carbocycles. The number of nitrogens with zero attached hydrogens (tertiary/aromatic N) is 3. The molecule has 1 heterocycles. The number of ether oxygens (including phenoxy) is 1. The summed E-state index contributed by atoms with van der Waals surface area (Å²) in [6, 6.07) is 26.7. The average molecular weight is 435 g/mol. The number of hydrogen-bond donors (Lipinski definition) is 2. The van der Waals surface area contributed by atoms with Crippen LogP contribution in [0.15, 0.2) is 88.8 Å². The third-order valence-electron chi connectivity index (χ3n) is 4.83.